The van der Waals surface area contributed by atoms with Gasteiger partial charge in [-0.25, -0.2) is 9.59 Å². The first kappa shape index (κ1) is 31.7. The molecule has 0 saturated carbocycles. The number of carbonyl (C=O) groups is 2. The molecule has 0 aromatic heterocycles. The Morgan fingerprint density at radius 3 is 1.24 bits per heavy atom. The Morgan fingerprint density at radius 2 is 0.848 bits per heavy atom. The largest absolute Gasteiger partial charge is 0.463 e. The molecule has 0 atom stereocenters. The van der Waals surface area contributed by atoms with Gasteiger partial charge in [0.2, 0.25) is 0 Å². The Hall–Kier alpha value is -1.32. The Balaban J connectivity index is 3.56. The van der Waals surface area contributed by atoms with Crippen molar-refractivity contribution >= 4 is 11.9 Å². The van der Waals surface area contributed by atoms with Gasteiger partial charge in [-0.2, -0.15) is 0 Å². The lowest BCUT2D eigenvalue weighted by molar-refractivity contribution is -0.141. The highest BCUT2D eigenvalue weighted by atomic mass is 16.5. The van der Waals surface area contributed by atoms with E-state index in [4.69, 9.17) is 9.47 Å². The summed E-state index contributed by atoms with van der Waals surface area (Å²) in [6.45, 7) is 6.95. The fraction of sp³-hybridized carbons (Fsp3) is 0.862. The van der Waals surface area contributed by atoms with Crippen molar-refractivity contribution < 1.29 is 19.1 Å². The van der Waals surface area contributed by atoms with Crippen LogP contribution in [0.4, 0.5) is 0 Å². The summed E-state index contributed by atoms with van der Waals surface area (Å²) in [6, 6.07) is 0. The summed E-state index contributed by atoms with van der Waals surface area (Å²) in [5, 5.41) is 0. The minimum atomic E-state index is -0.445. The molecule has 4 heteroatoms. The van der Waals surface area contributed by atoms with Gasteiger partial charge in [0.15, 0.2) is 0 Å². The molecule has 0 rings (SSSR count). The van der Waals surface area contributed by atoms with Gasteiger partial charge in [-0.1, -0.05) is 129 Å². The van der Waals surface area contributed by atoms with Gasteiger partial charge in [0.1, 0.15) is 0 Å². The second-order valence-corrected chi connectivity index (χ2v) is 9.49. The van der Waals surface area contributed by atoms with E-state index in [-0.39, 0.29) is 0 Å². The van der Waals surface area contributed by atoms with Crippen LogP contribution in [0.2, 0.25) is 0 Å². The van der Waals surface area contributed by atoms with Crippen molar-refractivity contribution in [2.45, 2.75) is 149 Å². The molecular weight excluding hydrogens is 412 g/mol. The zero-order chi connectivity index (χ0) is 24.4. The van der Waals surface area contributed by atoms with Crippen LogP contribution in [-0.4, -0.2) is 25.2 Å². The third-order valence-corrected chi connectivity index (χ3v) is 6.13. The summed E-state index contributed by atoms with van der Waals surface area (Å²) < 4.78 is 10.5. The van der Waals surface area contributed by atoms with Gasteiger partial charge in [0, 0.05) is 11.6 Å². The Bertz CT molecular complexity index is 484. The number of hydrogen-bond acceptors (Lipinski definition) is 4. The van der Waals surface area contributed by atoms with Crippen molar-refractivity contribution in [2.24, 2.45) is 0 Å². The topological polar surface area (TPSA) is 52.6 Å². The number of rotatable bonds is 24. The minimum Gasteiger partial charge on any atom is -0.463 e. The van der Waals surface area contributed by atoms with Crippen molar-refractivity contribution in [3.05, 3.63) is 11.6 Å². The van der Waals surface area contributed by atoms with E-state index in [1.807, 2.05) is 0 Å². The molecule has 0 N–H and O–H groups in total. The Kier molecular flexibility index (Phi) is 24.3. The lowest BCUT2D eigenvalue weighted by atomic mass is 10.1. The van der Waals surface area contributed by atoms with Crippen LogP contribution in [0.3, 0.4) is 0 Å². The van der Waals surface area contributed by atoms with Gasteiger partial charge >= 0.3 is 11.9 Å². The van der Waals surface area contributed by atoms with Crippen LogP contribution in [0, 0.1) is 0 Å². The lowest BCUT2D eigenvalue weighted by Crippen LogP contribution is -2.10. The highest BCUT2D eigenvalue weighted by molar-refractivity contribution is 5.95. The summed E-state index contributed by atoms with van der Waals surface area (Å²) >= 11 is 0. The van der Waals surface area contributed by atoms with Gasteiger partial charge in [0.25, 0.3) is 0 Å². The first-order chi connectivity index (χ1) is 16.1. The number of unbranched alkanes of at least 4 members (excludes halogenated alkanes) is 18. The average molecular weight is 467 g/mol. The molecule has 0 aromatic carbocycles. The molecule has 0 aliphatic carbocycles. The molecule has 0 saturated heterocycles. The third-order valence-electron chi connectivity index (χ3n) is 6.13. The number of carbonyl (C=O) groups excluding carboxylic acids is 2. The molecule has 0 aliphatic heterocycles. The molecule has 0 unspecified atom stereocenters. The number of hydrogen-bond donors (Lipinski definition) is 0. The summed E-state index contributed by atoms with van der Waals surface area (Å²) in [5.74, 6) is -0.860. The second kappa shape index (κ2) is 25.3. The number of esters is 2. The van der Waals surface area contributed by atoms with Crippen molar-refractivity contribution in [2.75, 3.05) is 13.2 Å². The van der Waals surface area contributed by atoms with E-state index in [1.165, 1.54) is 109 Å². The van der Waals surface area contributed by atoms with Crippen LogP contribution < -0.4 is 0 Å². The van der Waals surface area contributed by atoms with Gasteiger partial charge < -0.3 is 9.47 Å². The quantitative estimate of drug-likeness (QED) is 0.0809. The molecule has 0 aromatic rings. The molecular formula is C29H54O4. The zero-order valence-electron chi connectivity index (χ0n) is 22.3. The van der Waals surface area contributed by atoms with E-state index >= 15 is 0 Å². The molecule has 0 heterocycles. The molecule has 0 bridgehead atoms. The van der Waals surface area contributed by atoms with E-state index in [0.29, 0.717) is 18.8 Å². The van der Waals surface area contributed by atoms with Crippen LogP contribution in [-0.2, 0) is 19.1 Å². The average Bonchev–Trinajstić information content (AvgIpc) is 2.80. The Labute approximate surface area is 205 Å². The molecule has 0 spiro atoms. The van der Waals surface area contributed by atoms with Crippen LogP contribution in [0.25, 0.3) is 0 Å². The van der Waals surface area contributed by atoms with Gasteiger partial charge in [-0.15, -0.1) is 0 Å². The SMILES string of the molecule is CCCCCCCCCCCCOC(=O)/C=C(\C)C(=O)OCCCCCCCCCCCC. The zero-order valence-corrected chi connectivity index (χ0v) is 22.3. The van der Waals surface area contributed by atoms with Crippen molar-refractivity contribution in [1.29, 1.82) is 0 Å². The monoisotopic (exact) mass is 466 g/mol. The van der Waals surface area contributed by atoms with E-state index in [1.54, 1.807) is 6.92 Å². The molecule has 4 nitrogen and oxygen atoms in total. The van der Waals surface area contributed by atoms with Gasteiger partial charge in [-0.3, -0.25) is 0 Å². The molecule has 33 heavy (non-hydrogen) atoms. The second-order valence-electron chi connectivity index (χ2n) is 9.49. The predicted molar refractivity (Wildman–Crippen MR) is 139 cm³/mol. The smallest absolute Gasteiger partial charge is 0.333 e. The maximum atomic E-state index is 12.0. The van der Waals surface area contributed by atoms with Gasteiger partial charge in [0.05, 0.1) is 13.2 Å². The van der Waals surface area contributed by atoms with Crippen LogP contribution in [0.5, 0.6) is 0 Å². The maximum absolute atomic E-state index is 12.0. The lowest BCUT2D eigenvalue weighted by Gasteiger charge is -2.06. The van der Waals surface area contributed by atoms with E-state index in [2.05, 4.69) is 13.8 Å². The number of ether oxygens (including phenoxy) is 2. The Morgan fingerprint density at radius 1 is 0.515 bits per heavy atom. The first-order valence-electron chi connectivity index (χ1n) is 14.1. The molecule has 0 fully saturated rings. The van der Waals surface area contributed by atoms with E-state index in [9.17, 15) is 9.59 Å². The van der Waals surface area contributed by atoms with Crippen LogP contribution in [0.15, 0.2) is 11.6 Å². The molecule has 0 radical (unpaired) electrons. The van der Waals surface area contributed by atoms with Gasteiger partial charge in [-0.05, 0) is 19.8 Å². The first-order valence-corrected chi connectivity index (χ1v) is 14.1. The van der Waals surface area contributed by atoms with Crippen molar-refractivity contribution in [3.8, 4) is 0 Å². The third kappa shape index (κ3) is 23.6. The van der Waals surface area contributed by atoms with Crippen LogP contribution in [0.1, 0.15) is 149 Å². The molecule has 0 aliphatic rings. The maximum Gasteiger partial charge on any atom is 0.333 e. The predicted octanol–water partition coefficient (Wildman–Crippen LogP) is 8.86. The fourth-order valence-corrected chi connectivity index (χ4v) is 3.91. The van der Waals surface area contributed by atoms with Crippen molar-refractivity contribution in [3.63, 3.8) is 0 Å². The highest BCUT2D eigenvalue weighted by Crippen LogP contribution is 2.12. The molecule has 0 amide bonds. The normalized spacial score (nSPS) is 11.5. The van der Waals surface area contributed by atoms with E-state index < -0.39 is 11.9 Å². The minimum absolute atomic E-state index is 0.315. The summed E-state index contributed by atoms with van der Waals surface area (Å²) in [7, 11) is 0. The van der Waals surface area contributed by atoms with Crippen molar-refractivity contribution in [1.82, 2.24) is 0 Å². The summed E-state index contributed by atoms with van der Waals surface area (Å²) in [5.41, 5.74) is 0.315. The molecule has 194 valence electrons. The van der Waals surface area contributed by atoms with Crippen LogP contribution >= 0.6 is 0 Å². The standard InChI is InChI=1S/C29H54O4/c1-4-6-8-10-12-14-16-18-20-22-24-32-28(30)26-27(3)29(31)33-25-23-21-19-17-15-13-11-9-7-5-2/h26H,4-25H2,1-3H3/b27-26+. The highest BCUT2D eigenvalue weighted by Gasteiger charge is 2.09. The fourth-order valence-electron chi connectivity index (χ4n) is 3.91. The summed E-state index contributed by atoms with van der Waals surface area (Å²) in [4.78, 5) is 23.9. The summed E-state index contributed by atoms with van der Waals surface area (Å²) in [6.07, 6.45) is 26.2. The van der Waals surface area contributed by atoms with E-state index in [0.717, 1.165) is 25.7 Å².